The Labute approximate surface area is 833 Å². The molecular formula is C118H104Cl6Si3Zr3. The molecule has 0 amide bonds. The third-order valence-corrected chi connectivity index (χ3v) is 21.8. The van der Waals surface area contributed by atoms with Crippen LogP contribution in [-0.4, -0.2) is 28.6 Å². The monoisotopic (exact) mass is 2080 g/mol. The predicted molar refractivity (Wildman–Crippen MR) is 576 cm³/mol. The van der Waals surface area contributed by atoms with E-state index in [4.69, 9.17) is 51.1 Å². The van der Waals surface area contributed by atoms with E-state index in [1.165, 1.54) is 208 Å². The summed E-state index contributed by atoms with van der Waals surface area (Å²) in [5, 5.41) is 26.5. The minimum atomic E-state index is -0.826. The average molecular weight is 2090 g/mol. The molecule has 130 heavy (non-hydrogen) atoms. The van der Waals surface area contributed by atoms with Gasteiger partial charge in [0.05, 0.1) is 0 Å². The maximum absolute atomic E-state index is 4.93. The quantitative estimate of drug-likeness (QED) is 0.115. The normalized spacial score (nSPS) is 10.2. The van der Waals surface area contributed by atoms with Crippen LogP contribution in [0.3, 0.4) is 0 Å². The third kappa shape index (κ3) is 27.7. The predicted octanol–water partition coefficient (Wildman–Crippen LogP) is 38.3. The zero-order chi connectivity index (χ0) is 92.3. The van der Waals surface area contributed by atoms with Crippen LogP contribution >= 0.6 is 51.1 Å². The number of aryl methyl sites for hydroxylation is 6. The van der Waals surface area contributed by atoms with Gasteiger partial charge >= 0.3 is 114 Å². The Bertz CT molecular complexity index is 6790. The molecule has 22 aromatic carbocycles. The molecule has 0 fully saturated rings. The molecule has 0 spiro atoms. The fraction of sp³-hybridized carbons (Fsp3) is 0.102. The summed E-state index contributed by atoms with van der Waals surface area (Å²) in [7, 11) is 32.9. The van der Waals surface area contributed by atoms with Gasteiger partial charge in [-0.3, -0.25) is 0 Å². The topological polar surface area (TPSA) is 0 Å². The van der Waals surface area contributed by atoms with Crippen LogP contribution in [0.15, 0.2) is 413 Å². The summed E-state index contributed by atoms with van der Waals surface area (Å²) in [6, 6.07) is 148. The summed E-state index contributed by atoms with van der Waals surface area (Å²) in [6.07, 6.45) is 0. The number of hydrogen-bond acceptors (Lipinski definition) is 0. The van der Waals surface area contributed by atoms with Crippen LogP contribution in [0.5, 0.6) is 0 Å². The van der Waals surface area contributed by atoms with E-state index in [9.17, 15) is 0 Å². The van der Waals surface area contributed by atoms with E-state index in [1.54, 1.807) is 0 Å². The van der Waals surface area contributed by atoms with Gasteiger partial charge in [0, 0.05) is 28.6 Å². The molecule has 0 heterocycles. The van der Waals surface area contributed by atoms with E-state index >= 15 is 0 Å². The molecule has 0 aromatic heterocycles. The molecule has 0 aliphatic carbocycles. The second-order valence-electron chi connectivity index (χ2n) is 31.7. The average Bonchev–Trinajstić information content (AvgIpc) is 1.30. The van der Waals surface area contributed by atoms with Gasteiger partial charge in [-0.1, -0.05) is 369 Å². The Morgan fingerprint density at radius 2 is 0.354 bits per heavy atom. The second-order valence-corrected chi connectivity index (χ2v) is 45.9. The SMILES string of the molecule is C[Si]C.C[Si]C.C[Si]C.Cc1cc2c(-c3ccc4ccccc4c3)cccc2[cH-]1.Cc1cc2c(-c3ccc4ccccc4c3)cccc2[cH-]1.Cc1cc2c(-c3cccc4ccccc34)cccc2[cH-]1.Cc1cc2c(-c3cccc4ccccc34)cccc2[cH-]1.Cc1cc2c(-c3ccccc3)cccc2[cH-]1.Cc1cc2c(-c3ccccc3)cccc2[cH-]1.[Cl][Zr+2][Cl].[Cl][Zr+2][Cl].[Cl][Zr+2][Cl]. The molecule has 0 aliphatic rings. The molecule has 642 valence electrons. The standard InChI is InChI=1S/4C20H15.2C16H13.3C2H6Si.6ClH.3Zr/c2*1-14-12-16-8-5-11-19(20(16)13-14)18-10-4-7-15-6-2-3-9-17(15)18;2*1-14-11-17-7-4-8-19(20(17)12-14)18-10-9-15-5-2-3-6-16(15)13-18;2*1-12-10-14-8-5-9-15(16(14)11-12)13-6-3-2-4-7-13;3*1-3-2;;;;;;;;;/h4*2-13H,1H3;2*2-11H,1H3;3*1-2H3;6*1H;;;/q6*-1;;;;;;;;;;3*+4/p-6. The van der Waals surface area contributed by atoms with Gasteiger partial charge in [-0.05, 0) is 88.6 Å². The van der Waals surface area contributed by atoms with Gasteiger partial charge < -0.3 is 0 Å². The molecule has 6 radical (unpaired) electrons. The van der Waals surface area contributed by atoms with E-state index in [0.29, 0.717) is 0 Å². The molecule has 0 nitrogen and oxygen atoms in total. The van der Waals surface area contributed by atoms with E-state index in [-0.39, 0.29) is 0 Å². The summed E-state index contributed by atoms with van der Waals surface area (Å²) in [5.41, 5.74) is 23.7. The Hall–Kier alpha value is -8.74. The van der Waals surface area contributed by atoms with Gasteiger partial charge in [-0.25, -0.2) is 0 Å². The minimum absolute atomic E-state index is 0.826. The van der Waals surface area contributed by atoms with Crippen LogP contribution < -0.4 is 0 Å². The molecular weight excluding hydrogens is 1990 g/mol. The Morgan fingerprint density at radius 3 is 0.615 bits per heavy atom. The van der Waals surface area contributed by atoms with Crippen molar-refractivity contribution < 1.29 is 62.5 Å². The first-order valence-corrected chi connectivity index (χ1v) is 68.1. The molecule has 0 unspecified atom stereocenters. The molecule has 22 aromatic rings. The van der Waals surface area contributed by atoms with Crippen LogP contribution in [0.25, 0.3) is 174 Å². The number of fused-ring (bicyclic) bond motifs is 10. The first-order valence-electron chi connectivity index (χ1n) is 43.1. The summed E-state index contributed by atoms with van der Waals surface area (Å²) in [6.45, 7) is 25.8. The van der Waals surface area contributed by atoms with Crippen molar-refractivity contribution in [3.63, 3.8) is 0 Å². The van der Waals surface area contributed by atoms with Crippen molar-refractivity contribution in [2.75, 3.05) is 0 Å². The molecule has 22 rings (SSSR count). The van der Waals surface area contributed by atoms with Gasteiger partial charge in [0.25, 0.3) is 0 Å². The Morgan fingerprint density at radius 1 is 0.169 bits per heavy atom. The van der Waals surface area contributed by atoms with Crippen molar-refractivity contribution in [3.8, 4) is 66.8 Å². The van der Waals surface area contributed by atoms with Crippen molar-refractivity contribution in [2.24, 2.45) is 0 Å². The van der Waals surface area contributed by atoms with Crippen LogP contribution in [0.4, 0.5) is 0 Å². The molecule has 0 bridgehead atoms. The fourth-order valence-corrected chi connectivity index (χ4v) is 16.7. The zero-order valence-corrected chi connectivity index (χ0v) is 90.4. The van der Waals surface area contributed by atoms with Crippen LogP contribution in [0.1, 0.15) is 33.4 Å². The van der Waals surface area contributed by atoms with Gasteiger partial charge in [-0.2, -0.15) is 36.4 Å². The van der Waals surface area contributed by atoms with E-state index in [0.717, 1.165) is 28.6 Å². The number of halogens is 6. The maximum atomic E-state index is 4.93. The second kappa shape index (κ2) is 53.2. The molecule has 0 saturated carbocycles. The van der Waals surface area contributed by atoms with Gasteiger partial charge in [0.15, 0.2) is 0 Å². The number of hydrogen-bond donors (Lipinski definition) is 0. The van der Waals surface area contributed by atoms with Gasteiger partial charge in [0.1, 0.15) is 0 Å². The molecule has 0 aliphatic heterocycles. The van der Waals surface area contributed by atoms with Crippen molar-refractivity contribution in [1.82, 2.24) is 0 Å². The van der Waals surface area contributed by atoms with Crippen LogP contribution in [0, 0.1) is 41.5 Å². The first kappa shape index (κ1) is 102. The summed E-state index contributed by atoms with van der Waals surface area (Å²) < 4.78 is 0. The summed E-state index contributed by atoms with van der Waals surface area (Å²) in [5.74, 6) is 0. The Balaban J connectivity index is 0.000000145. The van der Waals surface area contributed by atoms with Crippen LogP contribution in [0.2, 0.25) is 39.3 Å². The van der Waals surface area contributed by atoms with E-state index < -0.39 is 62.5 Å². The van der Waals surface area contributed by atoms with E-state index in [1.807, 2.05) is 0 Å². The molecule has 0 atom stereocenters. The molecule has 0 saturated heterocycles. The third-order valence-electron chi connectivity index (χ3n) is 21.8. The Kier molecular flexibility index (Phi) is 41.7. The summed E-state index contributed by atoms with van der Waals surface area (Å²) >= 11 is -2.48. The summed E-state index contributed by atoms with van der Waals surface area (Å²) in [4.78, 5) is 0. The first-order chi connectivity index (χ1) is 63.4. The number of rotatable bonds is 6. The zero-order valence-electron chi connectivity index (χ0n) is 75.5. The van der Waals surface area contributed by atoms with Crippen molar-refractivity contribution in [2.45, 2.75) is 80.8 Å². The van der Waals surface area contributed by atoms with Crippen molar-refractivity contribution >= 4 is 187 Å². The van der Waals surface area contributed by atoms with Gasteiger partial charge in [0.2, 0.25) is 0 Å². The van der Waals surface area contributed by atoms with Crippen molar-refractivity contribution in [1.29, 1.82) is 0 Å². The van der Waals surface area contributed by atoms with Gasteiger partial charge in [-0.15, -0.1) is 207 Å². The van der Waals surface area contributed by atoms with E-state index in [2.05, 4.69) is 493 Å². The molecule has 0 N–H and O–H groups in total. The van der Waals surface area contributed by atoms with Crippen LogP contribution in [-0.2, 0) is 62.5 Å². The molecule has 12 heteroatoms. The fourth-order valence-electron chi connectivity index (χ4n) is 16.7. The van der Waals surface area contributed by atoms with Crippen molar-refractivity contribution in [3.05, 3.63) is 446 Å². The number of benzene rings is 16.